The first-order valence-corrected chi connectivity index (χ1v) is 6.01. The summed E-state index contributed by atoms with van der Waals surface area (Å²) >= 11 is 9.06. The Hall–Kier alpha value is -1.60. The zero-order chi connectivity index (χ0) is 13.1. The molecule has 2 aromatic rings. The van der Waals surface area contributed by atoms with E-state index in [9.17, 15) is 4.79 Å². The fraction of sp³-hybridized carbons (Fsp3) is 0.182. The maximum absolute atomic E-state index is 10.4. The molecule has 2 rings (SSSR count). The number of thiocarbonyl (C=S) groups is 1. The van der Waals surface area contributed by atoms with Crippen molar-refractivity contribution in [3.05, 3.63) is 18.2 Å². The minimum Gasteiger partial charge on any atom is -0.481 e. The highest BCUT2D eigenvalue weighted by molar-refractivity contribution is 7.80. The van der Waals surface area contributed by atoms with E-state index in [0.29, 0.717) is 27.7 Å². The zero-order valence-electron chi connectivity index (χ0n) is 9.21. The molecule has 0 radical (unpaired) electrons. The number of fused-ring (bicyclic) bond motifs is 1. The molecule has 0 unspecified atom stereocenters. The molecular formula is C11H10N2O3S2. The summed E-state index contributed by atoms with van der Waals surface area (Å²) in [5.74, 6) is -0.870. The molecule has 0 saturated heterocycles. The Morgan fingerprint density at radius 3 is 3.00 bits per heavy atom. The van der Waals surface area contributed by atoms with Crippen LogP contribution in [-0.4, -0.2) is 21.0 Å². The Balaban J connectivity index is 2.07. The van der Waals surface area contributed by atoms with E-state index in [1.54, 1.807) is 18.2 Å². The lowest BCUT2D eigenvalue weighted by molar-refractivity contribution is -0.136. The Morgan fingerprint density at radius 1 is 1.50 bits per heavy atom. The Bertz CT molecular complexity index is 609. The van der Waals surface area contributed by atoms with Crippen molar-refractivity contribution in [2.45, 2.75) is 18.1 Å². The SMILES string of the molecule is O=C(O)CCC(=S)Nc1ccc2oc(S)nc2c1. The molecule has 7 heteroatoms. The van der Waals surface area contributed by atoms with Crippen LogP contribution in [0.5, 0.6) is 0 Å². The van der Waals surface area contributed by atoms with Gasteiger partial charge in [-0.1, -0.05) is 24.8 Å². The number of anilines is 1. The van der Waals surface area contributed by atoms with Crippen LogP contribution in [0.1, 0.15) is 12.8 Å². The summed E-state index contributed by atoms with van der Waals surface area (Å²) in [7, 11) is 0. The van der Waals surface area contributed by atoms with Crippen molar-refractivity contribution in [3.8, 4) is 0 Å². The van der Waals surface area contributed by atoms with E-state index in [0.717, 1.165) is 5.69 Å². The number of carboxylic acid groups (broad SMARTS) is 1. The van der Waals surface area contributed by atoms with Gasteiger partial charge in [-0.15, -0.1) is 0 Å². The molecule has 1 aromatic carbocycles. The first-order chi connectivity index (χ1) is 8.54. The van der Waals surface area contributed by atoms with Gasteiger partial charge in [0.15, 0.2) is 5.58 Å². The van der Waals surface area contributed by atoms with Crippen molar-refractivity contribution >= 4 is 52.6 Å². The minimum atomic E-state index is -0.870. The largest absolute Gasteiger partial charge is 0.481 e. The molecule has 0 amide bonds. The highest BCUT2D eigenvalue weighted by Crippen LogP contribution is 2.21. The molecule has 1 aromatic heterocycles. The fourth-order valence-electron chi connectivity index (χ4n) is 1.44. The topological polar surface area (TPSA) is 75.4 Å². The predicted molar refractivity (Wildman–Crippen MR) is 74.4 cm³/mol. The molecule has 1 heterocycles. The van der Waals surface area contributed by atoms with Gasteiger partial charge in [0.2, 0.25) is 0 Å². The zero-order valence-corrected chi connectivity index (χ0v) is 10.9. The molecule has 2 N–H and O–H groups in total. The number of hydrogen-bond donors (Lipinski definition) is 3. The van der Waals surface area contributed by atoms with E-state index >= 15 is 0 Å². The number of nitrogens with zero attached hydrogens (tertiary/aromatic N) is 1. The third-order valence-corrected chi connectivity index (χ3v) is 2.72. The van der Waals surface area contributed by atoms with Crippen LogP contribution in [-0.2, 0) is 4.79 Å². The van der Waals surface area contributed by atoms with E-state index in [-0.39, 0.29) is 6.42 Å². The van der Waals surface area contributed by atoms with Crippen LogP contribution in [0.3, 0.4) is 0 Å². The molecule has 94 valence electrons. The first-order valence-electron chi connectivity index (χ1n) is 5.16. The molecule has 0 aliphatic carbocycles. The molecule has 0 fully saturated rings. The van der Waals surface area contributed by atoms with Crippen molar-refractivity contribution < 1.29 is 14.3 Å². The number of benzene rings is 1. The average molecular weight is 282 g/mol. The fourth-order valence-corrected chi connectivity index (χ4v) is 1.86. The van der Waals surface area contributed by atoms with Gasteiger partial charge >= 0.3 is 5.97 Å². The molecule has 0 aliphatic heterocycles. The summed E-state index contributed by atoms with van der Waals surface area (Å²) in [5.41, 5.74) is 2.06. The third-order valence-electron chi connectivity index (χ3n) is 2.23. The molecular weight excluding hydrogens is 272 g/mol. The van der Waals surface area contributed by atoms with Gasteiger partial charge in [0.25, 0.3) is 5.22 Å². The number of aromatic nitrogens is 1. The van der Waals surface area contributed by atoms with Crippen molar-refractivity contribution in [1.29, 1.82) is 0 Å². The van der Waals surface area contributed by atoms with Crippen LogP contribution in [0.4, 0.5) is 5.69 Å². The number of hydrogen-bond acceptors (Lipinski definition) is 5. The minimum absolute atomic E-state index is 0.0127. The number of aliphatic carboxylic acids is 1. The van der Waals surface area contributed by atoms with Crippen molar-refractivity contribution in [1.82, 2.24) is 4.98 Å². The lowest BCUT2D eigenvalue weighted by Crippen LogP contribution is -2.10. The molecule has 5 nitrogen and oxygen atoms in total. The maximum atomic E-state index is 10.4. The molecule has 0 spiro atoms. The van der Waals surface area contributed by atoms with Crippen molar-refractivity contribution in [3.63, 3.8) is 0 Å². The average Bonchev–Trinajstić information content (AvgIpc) is 2.66. The van der Waals surface area contributed by atoms with Crippen LogP contribution < -0.4 is 5.32 Å². The third kappa shape index (κ3) is 3.21. The van der Waals surface area contributed by atoms with Gasteiger partial charge in [-0.2, -0.15) is 0 Å². The molecule has 0 bridgehead atoms. The van der Waals surface area contributed by atoms with Crippen molar-refractivity contribution in [2.75, 3.05) is 5.32 Å². The summed E-state index contributed by atoms with van der Waals surface area (Å²) in [5, 5.41) is 11.8. The van der Waals surface area contributed by atoms with Gasteiger partial charge in [0, 0.05) is 12.1 Å². The lowest BCUT2D eigenvalue weighted by atomic mass is 10.2. The quantitative estimate of drug-likeness (QED) is 0.591. The number of rotatable bonds is 4. The smallest absolute Gasteiger partial charge is 0.303 e. The summed E-state index contributed by atoms with van der Waals surface area (Å²) < 4.78 is 5.22. The molecule has 0 saturated carbocycles. The van der Waals surface area contributed by atoms with Gasteiger partial charge in [0.1, 0.15) is 5.52 Å². The monoisotopic (exact) mass is 282 g/mol. The molecule has 0 atom stereocenters. The Morgan fingerprint density at radius 2 is 2.28 bits per heavy atom. The predicted octanol–water partition coefficient (Wildman–Crippen LogP) is 2.72. The highest BCUT2D eigenvalue weighted by atomic mass is 32.1. The summed E-state index contributed by atoms with van der Waals surface area (Å²) in [6.45, 7) is 0. The van der Waals surface area contributed by atoms with E-state index in [1.165, 1.54) is 0 Å². The first kappa shape index (κ1) is 12.8. The lowest BCUT2D eigenvalue weighted by Gasteiger charge is -2.06. The van der Waals surface area contributed by atoms with Gasteiger partial charge in [-0.25, -0.2) is 4.98 Å². The van der Waals surface area contributed by atoms with Crippen LogP contribution in [0, 0.1) is 0 Å². The second kappa shape index (κ2) is 5.36. The van der Waals surface area contributed by atoms with Gasteiger partial charge < -0.3 is 14.8 Å². The normalized spacial score (nSPS) is 10.5. The molecule has 0 aliphatic rings. The van der Waals surface area contributed by atoms with Gasteiger partial charge in [0.05, 0.1) is 11.4 Å². The van der Waals surface area contributed by atoms with Gasteiger partial charge in [-0.05, 0) is 18.2 Å². The summed E-state index contributed by atoms with van der Waals surface area (Å²) in [6.07, 6.45) is 0.318. The van der Waals surface area contributed by atoms with Crippen LogP contribution in [0.15, 0.2) is 27.8 Å². The number of nitrogens with one attached hydrogen (secondary N) is 1. The van der Waals surface area contributed by atoms with E-state index in [4.69, 9.17) is 21.7 Å². The summed E-state index contributed by atoms with van der Waals surface area (Å²) in [6, 6.07) is 5.31. The Labute approximate surface area is 114 Å². The van der Waals surface area contributed by atoms with E-state index in [2.05, 4.69) is 22.9 Å². The van der Waals surface area contributed by atoms with E-state index in [1.807, 2.05) is 0 Å². The van der Waals surface area contributed by atoms with Gasteiger partial charge in [-0.3, -0.25) is 4.79 Å². The maximum Gasteiger partial charge on any atom is 0.303 e. The number of oxazole rings is 1. The van der Waals surface area contributed by atoms with Crippen molar-refractivity contribution in [2.24, 2.45) is 0 Å². The summed E-state index contributed by atoms with van der Waals surface area (Å²) in [4.78, 5) is 15.0. The van der Waals surface area contributed by atoms with Crippen LogP contribution >= 0.6 is 24.8 Å². The standard InChI is InChI=1S/C11H10N2O3S2/c14-10(15)4-3-9(17)12-6-1-2-8-7(5-6)13-11(18)16-8/h1-2,5H,3-4H2,(H,12,17)(H,13,18)(H,14,15). The second-order valence-electron chi connectivity index (χ2n) is 3.62. The molecule has 18 heavy (non-hydrogen) atoms. The Kier molecular flexibility index (Phi) is 3.83. The van der Waals surface area contributed by atoms with Crippen LogP contribution in [0.25, 0.3) is 11.1 Å². The number of carboxylic acids is 1. The van der Waals surface area contributed by atoms with E-state index < -0.39 is 5.97 Å². The highest BCUT2D eigenvalue weighted by Gasteiger charge is 2.06. The number of carbonyl (C=O) groups is 1. The number of thiol groups is 1. The second-order valence-corrected chi connectivity index (χ2v) is 4.50. The van der Waals surface area contributed by atoms with Crippen LogP contribution in [0.2, 0.25) is 0 Å².